The summed E-state index contributed by atoms with van der Waals surface area (Å²) in [5.74, 6) is -0.280. The average molecular weight is 207 g/mol. The van der Waals surface area contributed by atoms with Crippen molar-refractivity contribution in [1.29, 1.82) is 0 Å². The van der Waals surface area contributed by atoms with Gasteiger partial charge < -0.3 is 10.4 Å². The quantitative estimate of drug-likeness (QED) is 0.777. The van der Waals surface area contributed by atoms with E-state index in [1.54, 1.807) is 6.92 Å². The van der Waals surface area contributed by atoms with Gasteiger partial charge in [-0.05, 0) is 37.6 Å². The zero-order valence-electron chi connectivity index (χ0n) is 8.70. The Hall–Kier alpha value is -1.84. The molecule has 80 valence electrons. The molecule has 0 unspecified atom stereocenters. The van der Waals surface area contributed by atoms with E-state index in [1.807, 2.05) is 0 Å². The first kappa shape index (κ1) is 11.2. The van der Waals surface area contributed by atoms with Crippen molar-refractivity contribution in [2.45, 2.75) is 13.8 Å². The molecule has 1 aromatic carbocycles. The van der Waals surface area contributed by atoms with Gasteiger partial charge in [0.15, 0.2) is 0 Å². The van der Waals surface area contributed by atoms with Crippen molar-refractivity contribution in [3.05, 3.63) is 29.3 Å². The third-order valence-corrected chi connectivity index (χ3v) is 1.95. The molecule has 4 nitrogen and oxygen atoms in total. The molecule has 0 aliphatic heterocycles. The highest BCUT2D eigenvalue weighted by atomic mass is 16.3. The number of hydrogen-bond donors (Lipinski definition) is 2. The number of Topliss-reactive ketones (excluding diaryl/α,β-unsaturated/α-hetero) is 1. The zero-order chi connectivity index (χ0) is 11.4. The van der Waals surface area contributed by atoms with Crippen LogP contribution in [-0.2, 0) is 4.79 Å². The lowest BCUT2D eigenvalue weighted by atomic mass is 10.1. The summed E-state index contributed by atoms with van der Waals surface area (Å²) in [6.45, 7) is 3.16. The predicted molar refractivity (Wildman–Crippen MR) is 55.9 cm³/mol. The number of amides is 1. The molecule has 2 N–H and O–H groups in total. The van der Waals surface area contributed by atoms with Gasteiger partial charge in [-0.3, -0.25) is 9.59 Å². The first-order valence-electron chi connectivity index (χ1n) is 4.58. The summed E-state index contributed by atoms with van der Waals surface area (Å²) >= 11 is 0. The van der Waals surface area contributed by atoms with Crippen LogP contribution in [0.25, 0.3) is 0 Å². The highest BCUT2D eigenvalue weighted by molar-refractivity contribution is 5.97. The summed E-state index contributed by atoms with van der Waals surface area (Å²) in [5.41, 5.74) is 1.14. The normalized spacial score (nSPS) is 9.73. The van der Waals surface area contributed by atoms with Gasteiger partial charge in [0.25, 0.3) is 5.91 Å². The summed E-state index contributed by atoms with van der Waals surface area (Å²) < 4.78 is 0. The molecule has 15 heavy (non-hydrogen) atoms. The van der Waals surface area contributed by atoms with E-state index in [-0.39, 0.29) is 24.0 Å². The molecule has 1 amide bonds. The number of hydrogen-bond acceptors (Lipinski definition) is 3. The molecule has 0 aliphatic rings. The summed E-state index contributed by atoms with van der Waals surface area (Å²) in [4.78, 5) is 22.2. The highest BCUT2D eigenvalue weighted by Gasteiger charge is 2.09. The van der Waals surface area contributed by atoms with Crippen molar-refractivity contribution in [2.75, 3.05) is 6.54 Å². The van der Waals surface area contributed by atoms with E-state index in [9.17, 15) is 9.59 Å². The Kier molecular flexibility index (Phi) is 3.44. The number of nitrogens with one attached hydrogen (secondary N) is 1. The molecule has 0 aromatic heterocycles. The van der Waals surface area contributed by atoms with Crippen LogP contribution in [0.3, 0.4) is 0 Å². The van der Waals surface area contributed by atoms with E-state index in [4.69, 9.17) is 5.11 Å². The Labute approximate surface area is 87.9 Å². The molecule has 0 bridgehead atoms. The van der Waals surface area contributed by atoms with Crippen LogP contribution in [-0.4, -0.2) is 23.3 Å². The number of aromatic hydroxyl groups is 1. The Balaban J connectivity index is 2.78. The summed E-state index contributed by atoms with van der Waals surface area (Å²) in [6, 6.07) is 4.47. The van der Waals surface area contributed by atoms with Crippen LogP contribution in [0.15, 0.2) is 18.2 Å². The second kappa shape index (κ2) is 4.59. The molecule has 0 radical (unpaired) electrons. The molecule has 0 heterocycles. The number of carbonyl (C=O) groups is 2. The molecule has 4 heteroatoms. The maximum Gasteiger partial charge on any atom is 0.251 e. The van der Waals surface area contributed by atoms with Gasteiger partial charge in [-0.15, -0.1) is 0 Å². The first-order valence-corrected chi connectivity index (χ1v) is 4.58. The third-order valence-electron chi connectivity index (χ3n) is 1.95. The number of ketones is 1. The largest absolute Gasteiger partial charge is 0.508 e. The van der Waals surface area contributed by atoms with Crippen molar-refractivity contribution in [3.63, 3.8) is 0 Å². The van der Waals surface area contributed by atoms with Gasteiger partial charge >= 0.3 is 0 Å². The van der Waals surface area contributed by atoms with E-state index < -0.39 is 0 Å². The van der Waals surface area contributed by atoms with Gasteiger partial charge in [0.1, 0.15) is 11.5 Å². The number of aryl methyl sites for hydroxylation is 1. The van der Waals surface area contributed by atoms with E-state index in [0.29, 0.717) is 11.1 Å². The number of rotatable bonds is 3. The zero-order valence-corrected chi connectivity index (χ0v) is 8.70. The molecule has 0 aliphatic carbocycles. The monoisotopic (exact) mass is 207 g/mol. The van der Waals surface area contributed by atoms with E-state index in [1.165, 1.54) is 25.1 Å². The minimum absolute atomic E-state index is 0.0269. The number of carbonyl (C=O) groups excluding carboxylic acids is 2. The maximum atomic E-state index is 11.5. The maximum absolute atomic E-state index is 11.5. The highest BCUT2D eigenvalue weighted by Crippen LogP contribution is 2.15. The van der Waals surface area contributed by atoms with Crippen LogP contribution in [0, 0.1) is 6.92 Å². The summed E-state index contributed by atoms with van der Waals surface area (Å²) in [5, 5.41) is 11.6. The number of benzene rings is 1. The van der Waals surface area contributed by atoms with Gasteiger partial charge in [-0.25, -0.2) is 0 Å². The first-order chi connectivity index (χ1) is 7.00. The Bertz CT molecular complexity index is 399. The standard InChI is InChI=1S/C11H13NO3/c1-7-5-9(14)3-4-10(7)11(15)12-6-8(2)13/h3-5,14H,6H2,1-2H3,(H,12,15). The smallest absolute Gasteiger partial charge is 0.251 e. The molecule has 0 saturated carbocycles. The van der Waals surface area contributed by atoms with Crippen molar-refractivity contribution in [3.8, 4) is 5.75 Å². The second-order valence-corrected chi connectivity index (χ2v) is 3.38. The SMILES string of the molecule is CC(=O)CNC(=O)c1ccc(O)cc1C. The van der Waals surface area contributed by atoms with Crippen LogP contribution in [0.5, 0.6) is 5.75 Å². The number of phenols is 1. The van der Waals surface area contributed by atoms with E-state index >= 15 is 0 Å². The Morgan fingerprint density at radius 1 is 1.40 bits per heavy atom. The van der Waals surface area contributed by atoms with Gasteiger partial charge in [-0.1, -0.05) is 0 Å². The molecular weight excluding hydrogens is 194 g/mol. The Morgan fingerprint density at radius 2 is 2.07 bits per heavy atom. The number of phenolic OH excluding ortho intramolecular Hbond substituents is 1. The van der Waals surface area contributed by atoms with Crippen molar-refractivity contribution in [2.24, 2.45) is 0 Å². The molecular formula is C11H13NO3. The van der Waals surface area contributed by atoms with Gasteiger partial charge in [-0.2, -0.15) is 0 Å². The Morgan fingerprint density at radius 3 is 2.60 bits per heavy atom. The summed E-state index contributed by atoms with van der Waals surface area (Å²) in [6.07, 6.45) is 0. The van der Waals surface area contributed by atoms with Crippen LogP contribution in [0.1, 0.15) is 22.8 Å². The van der Waals surface area contributed by atoms with Gasteiger partial charge in [0.05, 0.1) is 6.54 Å². The van der Waals surface area contributed by atoms with Crippen LogP contribution in [0.2, 0.25) is 0 Å². The fourth-order valence-corrected chi connectivity index (χ4v) is 1.20. The minimum Gasteiger partial charge on any atom is -0.508 e. The van der Waals surface area contributed by atoms with Crippen molar-refractivity contribution < 1.29 is 14.7 Å². The fourth-order valence-electron chi connectivity index (χ4n) is 1.20. The average Bonchev–Trinajstić information content (AvgIpc) is 2.14. The topological polar surface area (TPSA) is 66.4 Å². The van der Waals surface area contributed by atoms with Crippen molar-refractivity contribution >= 4 is 11.7 Å². The van der Waals surface area contributed by atoms with E-state index in [2.05, 4.69) is 5.32 Å². The second-order valence-electron chi connectivity index (χ2n) is 3.38. The predicted octanol–water partition coefficient (Wildman–Crippen LogP) is 1.02. The lowest BCUT2D eigenvalue weighted by Gasteiger charge is -2.06. The minimum atomic E-state index is -0.303. The lowest BCUT2D eigenvalue weighted by Crippen LogP contribution is -2.28. The van der Waals surface area contributed by atoms with Crippen molar-refractivity contribution in [1.82, 2.24) is 5.32 Å². The van der Waals surface area contributed by atoms with Gasteiger partial charge in [0.2, 0.25) is 0 Å². The fraction of sp³-hybridized carbons (Fsp3) is 0.273. The molecule has 1 rings (SSSR count). The van der Waals surface area contributed by atoms with Crippen LogP contribution >= 0.6 is 0 Å². The van der Waals surface area contributed by atoms with Gasteiger partial charge in [0, 0.05) is 5.56 Å². The third kappa shape index (κ3) is 3.09. The molecule has 0 atom stereocenters. The van der Waals surface area contributed by atoms with Crippen LogP contribution < -0.4 is 5.32 Å². The van der Waals surface area contributed by atoms with E-state index in [0.717, 1.165) is 0 Å². The molecule has 0 saturated heterocycles. The lowest BCUT2D eigenvalue weighted by molar-refractivity contribution is -0.116. The molecule has 0 spiro atoms. The molecule has 1 aromatic rings. The van der Waals surface area contributed by atoms with Crippen LogP contribution in [0.4, 0.5) is 0 Å². The molecule has 0 fully saturated rings. The summed E-state index contributed by atoms with van der Waals surface area (Å²) in [7, 11) is 0.